The molecule has 4 nitrogen and oxygen atoms in total. The fourth-order valence-corrected chi connectivity index (χ4v) is 3.03. The van der Waals surface area contributed by atoms with Gasteiger partial charge in [-0.2, -0.15) is 0 Å². The number of β-amino-alcohol motifs (C(OH)–C–C–N with tert-alkyl or cyclic N) is 1. The highest BCUT2D eigenvalue weighted by Crippen LogP contribution is 2.29. The first-order valence-electron chi connectivity index (χ1n) is 6.84. The smallest absolute Gasteiger partial charge is 0.224 e. The molecule has 0 aromatic rings. The lowest BCUT2D eigenvalue weighted by atomic mass is 9.80. The van der Waals surface area contributed by atoms with Gasteiger partial charge < -0.3 is 15.7 Å². The number of amides is 1. The van der Waals surface area contributed by atoms with Gasteiger partial charge in [0.1, 0.15) is 0 Å². The molecule has 1 aliphatic heterocycles. The highest BCUT2D eigenvalue weighted by molar-refractivity contribution is 5.77. The molecule has 1 aliphatic carbocycles. The Morgan fingerprint density at radius 1 is 1.29 bits per heavy atom. The summed E-state index contributed by atoms with van der Waals surface area (Å²) in [5.74, 6) is 0.133. The van der Waals surface area contributed by atoms with Gasteiger partial charge in [-0.15, -0.1) is 0 Å². The van der Waals surface area contributed by atoms with Gasteiger partial charge in [-0.05, 0) is 25.7 Å². The van der Waals surface area contributed by atoms with Gasteiger partial charge in [-0.25, -0.2) is 0 Å². The van der Waals surface area contributed by atoms with Crippen molar-refractivity contribution < 1.29 is 9.90 Å². The minimum atomic E-state index is -0.340. The Balaban J connectivity index is 1.87. The van der Waals surface area contributed by atoms with Crippen molar-refractivity contribution in [2.75, 3.05) is 13.1 Å². The lowest BCUT2D eigenvalue weighted by Crippen LogP contribution is -2.49. The van der Waals surface area contributed by atoms with Crippen molar-refractivity contribution in [2.24, 2.45) is 5.73 Å². The molecule has 2 fully saturated rings. The van der Waals surface area contributed by atoms with Crippen molar-refractivity contribution in [1.82, 2.24) is 4.90 Å². The zero-order valence-corrected chi connectivity index (χ0v) is 10.5. The average molecular weight is 240 g/mol. The van der Waals surface area contributed by atoms with Crippen molar-refractivity contribution in [3.8, 4) is 0 Å². The van der Waals surface area contributed by atoms with E-state index in [0.717, 1.165) is 45.1 Å². The van der Waals surface area contributed by atoms with E-state index in [2.05, 4.69) is 0 Å². The molecule has 3 N–H and O–H groups in total. The lowest BCUT2D eigenvalue weighted by molar-refractivity contribution is -0.135. The third-order valence-electron chi connectivity index (χ3n) is 4.10. The van der Waals surface area contributed by atoms with E-state index in [-0.39, 0.29) is 17.6 Å². The van der Waals surface area contributed by atoms with Gasteiger partial charge in [0.25, 0.3) is 0 Å². The summed E-state index contributed by atoms with van der Waals surface area (Å²) < 4.78 is 0. The number of carbonyl (C=O) groups is 1. The van der Waals surface area contributed by atoms with E-state index in [1.54, 1.807) is 4.90 Å². The zero-order valence-electron chi connectivity index (χ0n) is 10.5. The first-order valence-corrected chi connectivity index (χ1v) is 6.84. The van der Waals surface area contributed by atoms with Crippen LogP contribution in [0.3, 0.4) is 0 Å². The van der Waals surface area contributed by atoms with Crippen molar-refractivity contribution in [3.05, 3.63) is 0 Å². The second kappa shape index (κ2) is 5.36. The number of nitrogens with two attached hydrogens (primary N) is 1. The fraction of sp³-hybridized carbons (Fsp3) is 0.923. The largest absolute Gasteiger partial charge is 0.391 e. The molecule has 0 aromatic carbocycles. The highest BCUT2D eigenvalue weighted by atomic mass is 16.3. The van der Waals surface area contributed by atoms with Crippen molar-refractivity contribution in [2.45, 2.75) is 63.0 Å². The molecule has 1 saturated carbocycles. The summed E-state index contributed by atoms with van der Waals surface area (Å²) in [6.07, 6.45) is 7.31. The summed E-state index contributed by atoms with van der Waals surface area (Å²) in [6, 6.07) is 0. The van der Waals surface area contributed by atoms with Crippen molar-refractivity contribution in [3.63, 3.8) is 0 Å². The molecule has 1 heterocycles. The first-order chi connectivity index (χ1) is 8.09. The number of rotatable bonds is 2. The summed E-state index contributed by atoms with van der Waals surface area (Å²) >= 11 is 0. The molecule has 4 heteroatoms. The minimum absolute atomic E-state index is 0.133. The number of nitrogens with zero attached hydrogens (tertiary/aromatic N) is 1. The Morgan fingerprint density at radius 2 is 2.00 bits per heavy atom. The van der Waals surface area contributed by atoms with Crippen molar-refractivity contribution >= 4 is 5.91 Å². The minimum Gasteiger partial charge on any atom is -0.391 e. The van der Waals surface area contributed by atoms with E-state index in [4.69, 9.17) is 5.73 Å². The number of likely N-dealkylation sites (tertiary alicyclic amines) is 1. The summed E-state index contributed by atoms with van der Waals surface area (Å²) in [6.45, 7) is 1.28. The van der Waals surface area contributed by atoms with E-state index >= 15 is 0 Å². The second-order valence-corrected chi connectivity index (χ2v) is 5.74. The maximum Gasteiger partial charge on any atom is 0.224 e. The van der Waals surface area contributed by atoms with Crippen LogP contribution in [0.15, 0.2) is 0 Å². The Bertz CT molecular complexity index is 275. The molecule has 98 valence electrons. The summed E-state index contributed by atoms with van der Waals surface area (Å²) in [7, 11) is 0. The van der Waals surface area contributed by atoms with Crippen LogP contribution in [0.25, 0.3) is 0 Å². The van der Waals surface area contributed by atoms with E-state index in [1.165, 1.54) is 6.42 Å². The van der Waals surface area contributed by atoms with E-state index in [0.29, 0.717) is 13.0 Å². The van der Waals surface area contributed by atoms with Gasteiger partial charge in [-0.3, -0.25) is 4.79 Å². The normalized spacial score (nSPS) is 29.1. The average Bonchev–Trinajstić information content (AvgIpc) is 2.29. The molecule has 2 aliphatic rings. The van der Waals surface area contributed by atoms with Gasteiger partial charge >= 0.3 is 0 Å². The van der Waals surface area contributed by atoms with Crippen LogP contribution in [0.1, 0.15) is 51.4 Å². The predicted molar refractivity (Wildman–Crippen MR) is 66.4 cm³/mol. The Morgan fingerprint density at radius 3 is 2.65 bits per heavy atom. The number of aliphatic hydroxyl groups excluding tert-OH is 1. The van der Waals surface area contributed by atoms with Crippen molar-refractivity contribution in [1.29, 1.82) is 0 Å². The van der Waals surface area contributed by atoms with E-state index in [1.807, 2.05) is 0 Å². The summed E-state index contributed by atoms with van der Waals surface area (Å²) in [4.78, 5) is 13.9. The number of carbonyl (C=O) groups excluding carboxylic acids is 1. The van der Waals surface area contributed by atoms with Crippen LogP contribution in [0, 0.1) is 0 Å². The topological polar surface area (TPSA) is 66.6 Å². The fourth-order valence-electron chi connectivity index (χ4n) is 3.03. The predicted octanol–water partition coefficient (Wildman–Crippen LogP) is 1.02. The summed E-state index contributed by atoms with van der Waals surface area (Å²) in [5.41, 5.74) is 6.01. The molecule has 2 rings (SSSR count). The van der Waals surface area contributed by atoms with E-state index in [9.17, 15) is 9.90 Å². The quantitative estimate of drug-likeness (QED) is 0.757. The number of piperidine rings is 1. The van der Waals surface area contributed by atoms with Crippen LogP contribution in [0.4, 0.5) is 0 Å². The molecule has 0 radical (unpaired) electrons. The molecule has 1 saturated heterocycles. The summed E-state index contributed by atoms with van der Waals surface area (Å²) in [5, 5.41) is 9.57. The first kappa shape index (κ1) is 12.8. The van der Waals surface area contributed by atoms with Gasteiger partial charge in [0.15, 0.2) is 0 Å². The van der Waals surface area contributed by atoms with Crippen LogP contribution < -0.4 is 5.73 Å². The maximum absolute atomic E-state index is 12.2. The van der Waals surface area contributed by atoms with Crippen LogP contribution >= 0.6 is 0 Å². The zero-order chi connectivity index (χ0) is 12.3. The van der Waals surface area contributed by atoms with Gasteiger partial charge in [0.2, 0.25) is 5.91 Å². The van der Waals surface area contributed by atoms with Gasteiger partial charge in [0.05, 0.1) is 6.10 Å². The molecular formula is C13H24N2O2. The standard InChI is InChI=1S/C13H24N2O2/c14-13(6-2-1-3-7-13)9-12(17)15-8-4-5-11(16)10-15/h11,16H,1-10,14H2/t11-/m0/s1. The lowest BCUT2D eigenvalue weighted by Gasteiger charge is -2.36. The molecule has 0 bridgehead atoms. The third-order valence-corrected chi connectivity index (χ3v) is 4.10. The SMILES string of the molecule is NC1(CC(=O)N2CCC[C@H](O)C2)CCCCC1. The highest BCUT2D eigenvalue weighted by Gasteiger charge is 2.32. The molecular weight excluding hydrogens is 216 g/mol. The monoisotopic (exact) mass is 240 g/mol. The third kappa shape index (κ3) is 3.42. The molecule has 1 atom stereocenters. The van der Waals surface area contributed by atoms with Crippen LogP contribution in [0.5, 0.6) is 0 Å². The van der Waals surface area contributed by atoms with Gasteiger partial charge in [0, 0.05) is 25.0 Å². The molecule has 0 aromatic heterocycles. The number of hydrogen-bond donors (Lipinski definition) is 2. The van der Waals surface area contributed by atoms with Crippen LogP contribution in [-0.2, 0) is 4.79 Å². The van der Waals surface area contributed by atoms with E-state index < -0.39 is 0 Å². The Hall–Kier alpha value is -0.610. The van der Waals surface area contributed by atoms with Gasteiger partial charge in [-0.1, -0.05) is 19.3 Å². The molecule has 17 heavy (non-hydrogen) atoms. The molecule has 1 amide bonds. The molecule has 0 unspecified atom stereocenters. The van der Waals surface area contributed by atoms with Crippen LogP contribution in [-0.4, -0.2) is 40.6 Å². The molecule has 0 spiro atoms. The maximum atomic E-state index is 12.2. The number of aliphatic hydroxyl groups is 1. The second-order valence-electron chi connectivity index (χ2n) is 5.74. The van der Waals surface area contributed by atoms with Crippen LogP contribution in [0.2, 0.25) is 0 Å². The Kier molecular flexibility index (Phi) is 4.05. The number of hydrogen-bond acceptors (Lipinski definition) is 3. The Labute approximate surface area is 103 Å².